The van der Waals surface area contributed by atoms with Crippen LogP contribution < -0.4 is 5.69 Å². The Kier molecular flexibility index (Phi) is 3.65. The van der Waals surface area contributed by atoms with E-state index >= 15 is 0 Å². The first-order valence-electron chi connectivity index (χ1n) is 5.95. The Labute approximate surface area is 114 Å². The summed E-state index contributed by atoms with van der Waals surface area (Å²) >= 11 is 0. The van der Waals surface area contributed by atoms with Crippen LogP contribution in [0.15, 0.2) is 29.1 Å². The normalized spacial score (nSPS) is 10.6. The third kappa shape index (κ3) is 2.74. The van der Waals surface area contributed by atoms with Gasteiger partial charge in [0.1, 0.15) is 5.82 Å². The number of benzene rings is 1. The molecular formula is C14H13FN2O3. The number of halogens is 1. The Morgan fingerprint density at radius 1 is 1.35 bits per heavy atom. The van der Waals surface area contributed by atoms with Gasteiger partial charge in [-0.3, -0.25) is 4.57 Å². The molecule has 1 N–H and O–H groups in total. The molecule has 1 aromatic heterocycles. The first kappa shape index (κ1) is 13.9. The van der Waals surface area contributed by atoms with E-state index < -0.39 is 17.5 Å². The van der Waals surface area contributed by atoms with Crippen molar-refractivity contribution < 1.29 is 14.3 Å². The average molecular weight is 276 g/mol. The molecule has 1 aromatic carbocycles. The summed E-state index contributed by atoms with van der Waals surface area (Å²) in [7, 11) is 0. The zero-order valence-corrected chi connectivity index (χ0v) is 11.1. The first-order chi connectivity index (χ1) is 9.38. The van der Waals surface area contributed by atoms with Crippen molar-refractivity contribution in [2.24, 2.45) is 0 Å². The molecule has 0 spiro atoms. The Morgan fingerprint density at radius 2 is 2.05 bits per heavy atom. The highest BCUT2D eigenvalue weighted by Crippen LogP contribution is 2.12. The summed E-state index contributed by atoms with van der Waals surface area (Å²) in [6.07, 6.45) is 0. The smallest absolute Gasteiger partial charge is 0.348 e. The average Bonchev–Trinajstić information content (AvgIpc) is 2.33. The van der Waals surface area contributed by atoms with Gasteiger partial charge in [-0.15, -0.1) is 0 Å². The Hall–Kier alpha value is -2.50. The van der Waals surface area contributed by atoms with Crippen molar-refractivity contribution in [2.45, 2.75) is 20.4 Å². The van der Waals surface area contributed by atoms with Gasteiger partial charge < -0.3 is 5.11 Å². The number of aryl methyl sites for hydroxylation is 2. The van der Waals surface area contributed by atoms with E-state index in [0.717, 1.165) is 6.07 Å². The summed E-state index contributed by atoms with van der Waals surface area (Å²) in [5, 5.41) is 8.76. The van der Waals surface area contributed by atoms with E-state index in [9.17, 15) is 14.0 Å². The number of hydrogen-bond acceptors (Lipinski definition) is 3. The molecule has 5 nitrogen and oxygen atoms in total. The Balaban J connectivity index is 2.39. The molecule has 0 atom stereocenters. The van der Waals surface area contributed by atoms with Gasteiger partial charge in [-0.2, -0.15) is 4.98 Å². The number of carbonyl (C=O) groups is 1. The largest absolute Gasteiger partial charge is 0.478 e. The number of aromatic carboxylic acids is 1. The second-order valence-corrected chi connectivity index (χ2v) is 4.53. The summed E-state index contributed by atoms with van der Waals surface area (Å²) in [5.41, 5.74) is 1.04. The minimum absolute atomic E-state index is 0.148. The van der Waals surface area contributed by atoms with Crippen molar-refractivity contribution in [2.75, 3.05) is 0 Å². The van der Waals surface area contributed by atoms with Crippen molar-refractivity contribution in [3.63, 3.8) is 0 Å². The molecule has 0 radical (unpaired) electrons. The fraction of sp³-hybridized carbons (Fsp3) is 0.214. The maximum absolute atomic E-state index is 13.6. The highest BCUT2D eigenvalue weighted by atomic mass is 19.1. The Bertz CT molecular complexity index is 738. The third-order valence-electron chi connectivity index (χ3n) is 2.95. The van der Waals surface area contributed by atoms with Gasteiger partial charge >= 0.3 is 11.7 Å². The van der Waals surface area contributed by atoms with Crippen molar-refractivity contribution in [3.05, 3.63) is 63.1 Å². The van der Waals surface area contributed by atoms with Crippen LogP contribution in [-0.2, 0) is 6.54 Å². The molecule has 0 aliphatic rings. The van der Waals surface area contributed by atoms with E-state index in [1.54, 1.807) is 19.9 Å². The molecule has 20 heavy (non-hydrogen) atoms. The SMILES string of the molecule is Cc1cc(C)n(Cc2ccc(C(=O)O)c(F)c2)c(=O)n1. The number of carboxylic acids is 1. The summed E-state index contributed by atoms with van der Waals surface area (Å²) in [6, 6.07) is 5.55. The number of nitrogens with zero attached hydrogens (tertiary/aromatic N) is 2. The molecule has 0 saturated heterocycles. The molecular weight excluding hydrogens is 263 g/mol. The Morgan fingerprint density at radius 3 is 2.60 bits per heavy atom. The van der Waals surface area contributed by atoms with Gasteiger partial charge in [0, 0.05) is 11.4 Å². The van der Waals surface area contributed by atoms with Gasteiger partial charge in [-0.25, -0.2) is 14.0 Å². The lowest BCUT2D eigenvalue weighted by Crippen LogP contribution is -2.26. The third-order valence-corrected chi connectivity index (χ3v) is 2.95. The molecule has 0 saturated carbocycles. The van der Waals surface area contributed by atoms with E-state index in [1.165, 1.54) is 16.7 Å². The van der Waals surface area contributed by atoms with Crippen LogP contribution in [0.25, 0.3) is 0 Å². The van der Waals surface area contributed by atoms with Crippen molar-refractivity contribution in [3.8, 4) is 0 Å². The van der Waals surface area contributed by atoms with Gasteiger partial charge in [0.2, 0.25) is 0 Å². The van der Waals surface area contributed by atoms with E-state index in [-0.39, 0.29) is 12.1 Å². The maximum atomic E-state index is 13.6. The lowest BCUT2D eigenvalue weighted by molar-refractivity contribution is 0.0692. The van der Waals surface area contributed by atoms with E-state index in [4.69, 9.17) is 5.11 Å². The van der Waals surface area contributed by atoms with E-state index in [1.807, 2.05) is 0 Å². The summed E-state index contributed by atoms with van der Waals surface area (Å²) in [4.78, 5) is 26.3. The molecule has 2 rings (SSSR count). The molecule has 0 fully saturated rings. The van der Waals surface area contributed by atoms with E-state index in [2.05, 4.69) is 4.98 Å². The van der Waals surface area contributed by atoms with Gasteiger partial charge in [-0.05, 0) is 37.6 Å². The second kappa shape index (κ2) is 5.24. The van der Waals surface area contributed by atoms with Crippen molar-refractivity contribution >= 4 is 5.97 Å². The standard InChI is InChI=1S/C14H13FN2O3/c1-8-5-9(2)17(14(20)16-8)7-10-3-4-11(13(18)19)12(15)6-10/h3-6H,7H2,1-2H3,(H,18,19). The zero-order valence-electron chi connectivity index (χ0n) is 11.1. The molecule has 0 bridgehead atoms. The molecule has 104 valence electrons. The van der Waals surface area contributed by atoms with Crippen LogP contribution in [0.5, 0.6) is 0 Å². The fourth-order valence-corrected chi connectivity index (χ4v) is 1.98. The molecule has 6 heteroatoms. The van der Waals surface area contributed by atoms with E-state index in [0.29, 0.717) is 17.0 Å². The van der Waals surface area contributed by atoms with Crippen molar-refractivity contribution in [1.29, 1.82) is 0 Å². The molecule has 2 aromatic rings. The molecule has 1 heterocycles. The number of hydrogen-bond donors (Lipinski definition) is 1. The quantitative estimate of drug-likeness (QED) is 0.927. The molecule has 0 amide bonds. The topological polar surface area (TPSA) is 72.2 Å². The van der Waals surface area contributed by atoms with Gasteiger partial charge in [0.25, 0.3) is 0 Å². The second-order valence-electron chi connectivity index (χ2n) is 4.53. The monoisotopic (exact) mass is 276 g/mol. The lowest BCUT2D eigenvalue weighted by atomic mass is 10.1. The van der Waals surface area contributed by atoms with Crippen LogP contribution in [0.1, 0.15) is 27.3 Å². The van der Waals surface area contributed by atoms with Crippen LogP contribution in [-0.4, -0.2) is 20.6 Å². The van der Waals surface area contributed by atoms with Crippen molar-refractivity contribution in [1.82, 2.24) is 9.55 Å². The zero-order chi connectivity index (χ0) is 14.9. The van der Waals surface area contributed by atoms with Crippen LogP contribution in [0, 0.1) is 19.7 Å². The van der Waals surface area contributed by atoms with Crippen LogP contribution in [0.3, 0.4) is 0 Å². The van der Waals surface area contributed by atoms with Gasteiger partial charge in [0.05, 0.1) is 12.1 Å². The lowest BCUT2D eigenvalue weighted by Gasteiger charge is -2.10. The fourth-order valence-electron chi connectivity index (χ4n) is 1.98. The number of aromatic nitrogens is 2. The summed E-state index contributed by atoms with van der Waals surface area (Å²) < 4.78 is 15.0. The summed E-state index contributed by atoms with van der Waals surface area (Å²) in [6.45, 7) is 3.63. The molecule has 0 unspecified atom stereocenters. The summed E-state index contributed by atoms with van der Waals surface area (Å²) in [5.74, 6) is -2.14. The van der Waals surface area contributed by atoms with Crippen LogP contribution in [0.2, 0.25) is 0 Å². The molecule has 0 aliphatic carbocycles. The maximum Gasteiger partial charge on any atom is 0.348 e. The number of carboxylic acid groups (broad SMARTS) is 1. The highest BCUT2D eigenvalue weighted by molar-refractivity contribution is 5.87. The van der Waals surface area contributed by atoms with Gasteiger partial charge in [0.15, 0.2) is 0 Å². The molecule has 0 aliphatic heterocycles. The first-order valence-corrected chi connectivity index (χ1v) is 5.95. The minimum Gasteiger partial charge on any atom is -0.478 e. The predicted octanol–water partition coefficient (Wildman–Crippen LogP) is 1.75. The highest BCUT2D eigenvalue weighted by Gasteiger charge is 2.11. The minimum atomic E-state index is -1.32. The number of rotatable bonds is 3. The van der Waals surface area contributed by atoms with Gasteiger partial charge in [-0.1, -0.05) is 6.07 Å². The van der Waals surface area contributed by atoms with Crippen LogP contribution in [0.4, 0.5) is 4.39 Å². The van der Waals surface area contributed by atoms with Crippen LogP contribution >= 0.6 is 0 Å². The predicted molar refractivity (Wildman–Crippen MR) is 70.4 cm³/mol.